The molecule has 31 heavy (non-hydrogen) atoms. The number of benzene rings is 1. The van der Waals surface area contributed by atoms with Gasteiger partial charge in [-0.15, -0.1) is 0 Å². The average molecular weight is 470 g/mol. The highest BCUT2D eigenvalue weighted by Gasteiger charge is 2.20. The number of aromatic nitrogens is 2. The second-order valence-corrected chi connectivity index (χ2v) is 8.38. The molecule has 1 aromatic carbocycles. The number of nitrogens with one attached hydrogen (secondary N) is 5. The van der Waals surface area contributed by atoms with Crippen LogP contribution in [0.1, 0.15) is 17.7 Å². The lowest BCUT2D eigenvalue weighted by molar-refractivity contribution is -0.141. The van der Waals surface area contributed by atoms with Gasteiger partial charge in [0.25, 0.3) is 0 Å². The summed E-state index contributed by atoms with van der Waals surface area (Å²) in [5.74, 6) is -1.58. The molecular formula is C17H23N7O5S2. The number of imidazole rings is 1. The number of carboxylic acids is 1. The van der Waals surface area contributed by atoms with Crippen LogP contribution in [-0.2, 0) is 32.6 Å². The number of hydrazine groups is 1. The van der Waals surface area contributed by atoms with E-state index in [4.69, 9.17) is 17.4 Å². The van der Waals surface area contributed by atoms with Gasteiger partial charge in [0.2, 0.25) is 15.9 Å². The van der Waals surface area contributed by atoms with Crippen LogP contribution in [0.25, 0.3) is 0 Å². The third-order valence-electron chi connectivity index (χ3n) is 4.00. The van der Waals surface area contributed by atoms with Gasteiger partial charge in [-0.2, -0.15) is 0 Å². The Kier molecular flexibility index (Phi) is 8.87. The number of nitrogens with zero attached hydrogens (tertiary/aromatic N) is 1. The molecule has 0 aliphatic heterocycles. The van der Waals surface area contributed by atoms with Crippen molar-refractivity contribution >= 4 is 39.2 Å². The van der Waals surface area contributed by atoms with Crippen LogP contribution in [0, 0.1) is 0 Å². The highest BCUT2D eigenvalue weighted by atomic mass is 32.2. The Bertz CT molecular complexity index is 994. The van der Waals surface area contributed by atoms with Gasteiger partial charge in [0, 0.05) is 37.8 Å². The van der Waals surface area contributed by atoms with Crippen molar-refractivity contribution in [3.8, 4) is 0 Å². The van der Waals surface area contributed by atoms with Gasteiger partial charge in [0.15, 0.2) is 5.11 Å². The lowest BCUT2D eigenvalue weighted by Crippen LogP contribution is -2.46. The maximum absolute atomic E-state index is 12.0. The molecule has 0 bridgehead atoms. The summed E-state index contributed by atoms with van der Waals surface area (Å²) in [5, 5.41) is 19.9. The standard InChI is InChI=1S/C17H23N7O5S2/c18-31(28,29)13-3-1-11(2-4-13)8-20-17(30)24-22-6-5-15(25)23-14(16(26)27)7-12-9-19-10-21-12/h1-4,9-10,14,22H,5-8H2,(H,19,21)(H,23,25)(H,26,27)(H2,18,28,29)(H2,20,24,30)/t14-/m0/s1. The zero-order valence-electron chi connectivity index (χ0n) is 16.3. The number of carbonyl (C=O) groups is 2. The van der Waals surface area contributed by atoms with Crippen molar-refractivity contribution in [2.24, 2.45) is 5.14 Å². The molecule has 168 valence electrons. The first-order valence-electron chi connectivity index (χ1n) is 9.03. The number of thiocarbonyl (C=S) groups is 1. The van der Waals surface area contributed by atoms with Crippen molar-refractivity contribution in [3.05, 3.63) is 48.0 Å². The average Bonchev–Trinajstić information content (AvgIpc) is 3.22. The Morgan fingerprint density at radius 2 is 1.97 bits per heavy atom. The molecule has 12 nitrogen and oxygen atoms in total. The zero-order chi connectivity index (χ0) is 22.9. The van der Waals surface area contributed by atoms with Gasteiger partial charge in [-0.3, -0.25) is 10.2 Å². The van der Waals surface area contributed by atoms with E-state index in [-0.39, 0.29) is 29.4 Å². The lowest BCUT2D eigenvalue weighted by atomic mass is 10.1. The number of sulfonamides is 1. The minimum Gasteiger partial charge on any atom is -0.480 e. The highest BCUT2D eigenvalue weighted by Crippen LogP contribution is 2.08. The first kappa shape index (κ1) is 24.2. The normalized spacial score (nSPS) is 12.0. The first-order valence-corrected chi connectivity index (χ1v) is 11.0. The van der Waals surface area contributed by atoms with E-state index in [1.54, 1.807) is 12.1 Å². The smallest absolute Gasteiger partial charge is 0.326 e. The molecule has 0 unspecified atom stereocenters. The second-order valence-electron chi connectivity index (χ2n) is 6.41. The molecular weight excluding hydrogens is 446 g/mol. The van der Waals surface area contributed by atoms with Crippen LogP contribution in [-0.4, -0.2) is 53.1 Å². The molecule has 0 radical (unpaired) electrons. The monoisotopic (exact) mass is 469 g/mol. The topological polar surface area (TPSA) is 191 Å². The van der Waals surface area contributed by atoms with Crippen LogP contribution < -0.4 is 26.6 Å². The van der Waals surface area contributed by atoms with Crippen LogP contribution in [0.5, 0.6) is 0 Å². The van der Waals surface area contributed by atoms with Crippen molar-refractivity contribution in [2.75, 3.05) is 6.54 Å². The molecule has 14 heteroatoms. The maximum Gasteiger partial charge on any atom is 0.326 e. The number of carbonyl (C=O) groups excluding carboxylic acids is 1. The van der Waals surface area contributed by atoms with Gasteiger partial charge in [0.1, 0.15) is 6.04 Å². The zero-order valence-corrected chi connectivity index (χ0v) is 17.9. The molecule has 1 amide bonds. The number of hydrogen-bond acceptors (Lipinski definition) is 7. The number of primary sulfonamides is 1. The minimum atomic E-state index is -3.74. The molecule has 0 aliphatic carbocycles. The summed E-state index contributed by atoms with van der Waals surface area (Å²) in [4.78, 5) is 29.9. The Morgan fingerprint density at radius 3 is 2.55 bits per heavy atom. The fraction of sp³-hybridized carbons (Fsp3) is 0.294. The van der Waals surface area contributed by atoms with E-state index in [2.05, 4.69) is 31.5 Å². The van der Waals surface area contributed by atoms with Gasteiger partial charge in [-0.25, -0.2) is 28.8 Å². The number of amides is 1. The van der Waals surface area contributed by atoms with Gasteiger partial charge in [-0.05, 0) is 29.9 Å². The fourth-order valence-corrected chi connectivity index (χ4v) is 3.08. The van der Waals surface area contributed by atoms with Crippen LogP contribution in [0.2, 0.25) is 0 Å². The predicted molar refractivity (Wildman–Crippen MR) is 115 cm³/mol. The fourth-order valence-electron chi connectivity index (χ4n) is 2.43. The molecule has 0 spiro atoms. The minimum absolute atomic E-state index is 0.0200. The number of hydrogen-bond donors (Lipinski definition) is 7. The Morgan fingerprint density at radius 1 is 1.26 bits per heavy atom. The molecule has 2 aromatic rings. The Labute approximate surface area is 184 Å². The van der Waals surface area contributed by atoms with E-state index in [9.17, 15) is 23.1 Å². The molecule has 0 saturated carbocycles. The summed E-state index contributed by atoms with van der Waals surface area (Å²) >= 11 is 5.10. The van der Waals surface area contributed by atoms with Crippen LogP contribution in [0.15, 0.2) is 41.7 Å². The highest BCUT2D eigenvalue weighted by molar-refractivity contribution is 7.89. The van der Waals surface area contributed by atoms with Gasteiger partial charge in [0.05, 0.1) is 11.2 Å². The number of aromatic amines is 1. The van der Waals surface area contributed by atoms with Crippen LogP contribution >= 0.6 is 12.2 Å². The summed E-state index contributed by atoms with van der Waals surface area (Å²) in [6, 6.07) is 4.95. The summed E-state index contributed by atoms with van der Waals surface area (Å²) in [6.07, 6.45) is 3.05. The van der Waals surface area contributed by atoms with E-state index in [0.29, 0.717) is 12.2 Å². The molecule has 8 N–H and O–H groups in total. The summed E-state index contributed by atoms with van der Waals surface area (Å²) < 4.78 is 22.5. The maximum atomic E-state index is 12.0. The largest absolute Gasteiger partial charge is 0.480 e. The van der Waals surface area contributed by atoms with Gasteiger partial charge >= 0.3 is 5.97 Å². The summed E-state index contributed by atoms with van der Waals surface area (Å²) in [6.45, 7) is 0.542. The second kappa shape index (κ2) is 11.4. The SMILES string of the molecule is NS(=O)(=O)c1ccc(CNC(=S)NNCCC(=O)N[C@@H](Cc2cnc[nH]2)C(=O)O)cc1. The van der Waals surface area contributed by atoms with Crippen LogP contribution in [0.4, 0.5) is 0 Å². The number of nitrogens with two attached hydrogens (primary N) is 1. The summed E-state index contributed by atoms with van der Waals surface area (Å²) in [7, 11) is -3.74. The van der Waals surface area contributed by atoms with Crippen molar-refractivity contribution < 1.29 is 23.1 Å². The number of H-pyrrole nitrogens is 1. The van der Waals surface area contributed by atoms with E-state index in [1.807, 2.05) is 0 Å². The van der Waals surface area contributed by atoms with E-state index < -0.39 is 27.9 Å². The molecule has 0 saturated heterocycles. The molecule has 0 aliphatic rings. The van der Waals surface area contributed by atoms with Crippen molar-refractivity contribution in [3.63, 3.8) is 0 Å². The predicted octanol–water partition coefficient (Wildman–Crippen LogP) is -1.27. The van der Waals surface area contributed by atoms with Crippen LogP contribution in [0.3, 0.4) is 0 Å². The summed E-state index contributed by atoms with van der Waals surface area (Å²) in [5.41, 5.74) is 6.84. The van der Waals surface area contributed by atoms with Crippen molar-refractivity contribution in [2.45, 2.75) is 30.3 Å². The van der Waals surface area contributed by atoms with Crippen molar-refractivity contribution in [1.82, 2.24) is 31.5 Å². The molecule has 2 rings (SSSR count). The Balaban J connectivity index is 1.65. The van der Waals surface area contributed by atoms with E-state index in [1.165, 1.54) is 24.7 Å². The van der Waals surface area contributed by atoms with Crippen molar-refractivity contribution in [1.29, 1.82) is 0 Å². The third kappa shape index (κ3) is 8.67. The van der Waals surface area contributed by atoms with E-state index >= 15 is 0 Å². The lowest BCUT2D eigenvalue weighted by Gasteiger charge is -2.14. The third-order valence-corrected chi connectivity index (χ3v) is 5.17. The van der Waals surface area contributed by atoms with Gasteiger partial charge in [-0.1, -0.05) is 12.1 Å². The molecule has 1 aromatic heterocycles. The van der Waals surface area contributed by atoms with Gasteiger partial charge < -0.3 is 20.7 Å². The molecule has 1 heterocycles. The van der Waals surface area contributed by atoms with E-state index in [0.717, 1.165) is 5.56 Å². The Hall–Kier alpha value is -3.07. The quantitative estimate of drug-likeness (QED) is 0.119. The molecule has 0 fully saturated rings. The number of carboxylic acid groups (broad SMARTS) is 1. The molecule has 1 atom stereocenters. The number of rotatable bonds is 11. The number of aliphatic carboxylic acids is 1. The first-order chi connectivity index (χ1) is 14.6.